The summed E-state index contributed by atoms with van der Waals surface area (Å²) in [5, 5.41) is 64.2. The first-order valence-corrected chi connectivity index (χ1v) is 13.0. The smallest absolute Gasteiger partial charge is 0.190 e. The number of hydrogen-bond acceptors (Lipinski definition) is 7. The van der Waals surface area contributed by atoms with Crippen molar-refractivity contribution in [3.05, 3.63) is 11.6 Å². The molecule has 0 aromatic carbocycles. The summed E-state index contributed by atoms with van der Waals surface area (Å²) < 4.78 is 0. The Kier molecular flexibility index (Phi) is 6.24. The number of aliphatic hydroxyl groups excluding tert-OH is 2. The maximum absolute atomic E-state index is 13.3. The van der Waals surface area contributed by atoms with Gasteiger partial charge in [0.05, 0.1) is 17.3 Å². The zero-order valence-electron chi connectivity index (χ0n) is 21.3. The van der Waals surface area contributed by atoms with Crippen LogP contribution in [-0.4, -0.2) is 65.6 Å². The van der Waals surface area contributed by atoms with Crippen LogP contribution in [0.2, 0.25) is 0 Å². The molecule has 0 spiro atoms. The molecular formula is C27H44O7. The first-order chi connectivity index (χ1) is 15.5. The van der Waals surface area contributed by atoms with Crippen LogP contribution in [0.25, 0.3) is 0 Å². The van der Waals surface area contributed by atoms with E-state index in [1.54, 1.807) is 19.9 Å². The monoisotopic (exact) mass is 480 g/mol. The van der Waals surface area contributed by atoms with Crippen LogP contribution in [0.15, 0.2) is 11.6 Å². The molecule has 0 aromatic rings. The first-order valence-electron chi connectivity index (χ1n) is 13.0. The topological polar surface area (TPSA) is 138 Å². The van der Waals surface area contributed by atoms with Crippen molar-refractivity contribution < 1.29 is 35.4 Å². The van der Waals surface area contributed by atoms with Crippen molar-refractivity contribution in [3.63, 3.8) is 0 Å². The number of carbonyl (C=O) groups is 1. The number of fused-ring (bicyclic) bond motifs is 5. The molecule has 0 amide bonds. The molecule has 7 nitrogen and oxygen atoms in total. The zero-order valence-corrected chi connectivity index (χ0v) is 21.3. The molecule has 3 saturated carbocycles. The minimum absolute atomic E-state index is 0.0660. The van der Waals surface area contributed by atoms with Crippen molar-refractivity contribution in [2.75, 3.05) is 0 Å². The lowest BCUT2D eigenvalue weighted by Crippen LogP contribution is -2.63. The van der Waals surface area contributed by atoms with E-state index in [0.29, 0.717) is 19.3 Å². The molecule has 7 heteroatoms. The third-order valence-electron chi connectivity index (χ3n) is 10.6. The third-order valence-corrected chi connectivity index (χ3v) is 10.6. The van der Waals surface area contributed by atoms with Crippen molar-refractivity contribution in [1.82, 2.24) is 0 Å². The van der Waals surface area contributed by atoms with Gasteiger partial charge in [-0.3, -0.25) is 4.79 Å². The second-order valence-electron chi connectivity index (χ2n) is 13.2. The normalized spacial score (nSPS) is 45.6. The molecule has 0 aromatic heterocycles. The molecule has 34 heavy (non-hydrogen) atoms. The van der Waals surface area contributed by atoms with Gasteiger partial charge in [-0.1, -0.05) is 20.8 Å². The largest absolute Gasteiger partial charge is 0.393 e. The molecule has 0 heterocycles. The number of aliphatic hydroxyl groups is 6. The van der Waals surface area contributed by atoms with Crippen molar-refractivity contribution in [2.24, 2.45) is 34.5 Å². The van der Waals surface area contributed by atoms with Crippen LogP contribution in [0.5, 0.6) is 0 Å². The molecule has 4 rings (SSSR count). The summed E-state index contributed by atoms with van der Waals surface area (Å²) in [6.45, 7) is 9.54. The maximum atomic E-state index is 13.3. The number of hydrogen-bond donors (Lipinski definition) is 6. The molecule has 0 saturated heterocycles. The number of carbonyl (C=O) groups excluding carboxylic acids is 1. The fourth-order valence-electron chi connectivity index (χ4n) is 8.27. The highest BCUT2D eigenvalue weighted by molar-refractivity contribution is 5.95. The van der Waals surface area contributed by atoms with Crippen LogP contribution in [0.1, 0.15) is 86.0 Å². The maximum Gasteiger partial charge on any atom is 0.190 e. The lowest BCUT2D eigenvalue weighted by atomic mass is 9.45. The molecular weight excluding hydrogens is 436 g/mol. The summed E-state index contributed by atoms with van der Waals surface area (Å²) in [7, 11) is 0. The molecule has 194 valence electrons. The highest BCUT2D eigenvalue weighted by Crippen LogP contribution is 2.68. The van der Waals surface area contributed by atoms with Gasteiger partial charge in [-0.15, -0.1) is 0 Å². The number of ketones is 1. The molecule has 4 aliphatic rings. The van der Waals surface area contributed by atoms with Crippen molar-refractivity contribution in [3.8, 4) is 0 Å². The standard InChI is InChI=1S/C27H44O7/c1-15(20(28)8-9-23(2,3)31)16-7-11-26(32)18-12-21(29)19-13-27(33,34)22(30)14-24(19,4)17(18)6-10-25(16,26)5/h12,15-17,19-20,22,28,30-34H,6-11,13-14H2,1-5H3/t15-,16+,17-,19-,20+,22-,24+,25+,26+/m0/s1. The van der Waals surface area contributed by atoms with Crippen LogP contribution >= 0.6 is 0 Å². The molecule has 0 unspecified atom stereocenters. The Morgan fingerprint density at radius 1 is 1.09 bits per heavy atom. The molecule has 0 aliphatic heterocycles. The summed E-state index contributed by atoms with van der Waals surface area (Å²) in [5.74, 6) is -3.20. The quantitative estimate of drug-likeness (QED) is 0.331. The van der Waals surface area contributed by atoms with Crippen LogP contribution in [0.4, 0.5) is 0 Å². The van der Waals surface area contributed by atoms with E-state index in [2.05, 4.69) is 6.92 Å². The lowest BCUT2D eigenvalue weighted by molar-refractivity contribution is -0.271. The second kappa shape index (κ2) is 8.09. The minimum Gasteiger partial charge on any atom is -0.393 e. The molecule has 4 aliphatic carbocycles. The van der Waals surface area contributed by atoms with E-state index in [9.17, 15) is 35.4 Å². The summed E-state index contributed by atoms with van der Waals surface area (Å²) >= 11 is 0. The summed E-state index contributed by atoms with van der Waals surface area (Å²) in [6, 6.07) is 0. The van der Waals surface area contributed by atoms with E-state index in [0.717, 1.165) is 24.8 Å². The second-order valence-corrected chi connectivity index (χ2v) is 13.2. The average Bonchev–Trinajstić information content (AvgIpc) is 2.99. The van der Waals surface area contributed by atoms with Gasteiger partial charge in [0.25, 0.3) is 0 Å². The highest BCUT2D eigenvalue weighted by Gasteiger charge is 2.68. The van der Waals surface area contributed by atoms with E-state index < -0.39 is 45.9 Å². The van der Waals surface area contributed by atoms with Crippen LogP contribution in [0.3, 0.4) is 0 Å². The number of allylic oxidation sites excluding steroid dienone is 1. The third kappa shape index (κ3) is 3.82. The van der Waals surface area contributed by atoms with E-state index >= 15 is 0 Å². The molecule has 6 N–H and O–H groups in total. The predicted octanol–water partition coefficient (Wildman–Crippen LogP) is 2.06. The van der Waals surface area contributed by atoms with Gasteiger partial charge in [-0.25, -0.2) is 0 Å². The van der Waals surface area contributed by atoms with E-state index in [1.165, 1.54) is 0 Å². The van der Waals surface area contributed by atoms with Gasteiger partial charge in [0, 0.05) is 17.8 Å². The fraction of sp³-hybridized carbons (Fsp3) is 0.889. The molecule has 3 fully saturated rings. The van der Waals surface area contributed by atoms with Gasteiger partial charge in [-0.05, 0) is 93.6 Å². The van der Waals surface area contributed by atoms with Crippen LogP contribution < -0.4 is 0 Å². The Hall–Kier alpha value is -0.830. The Balaban J connectivity index is 1.63. The van der Waals surface area contributed by atoms with Gasteiger partial charge >= 0.3 is 0 Å². The SMILES string of the molecule is C[C@H]([C@H](O)CCC(C)(C)O)[C@H]1CC[C@@]2(O)C3=CC(=O)[C@@H]4CC(O)(O)[C@@H](O)C[C@]4(C)[C@H]3CC[C@]12C. The first kappa shape index (κ1) is 26.2. The number of rotatable bonds is 5. The van der Waals surface area contributed by atoms with Crippen molar-refractivity contribution in [1.29, 1.82) is 0 Å². The Morgan fingerprint density at radius 3 is 2.35 bits per heavy atom. The van der Waals surface area contributed by atoms with E-state index in [4.69, 9.17) is 0 Å². The van der Waals surface area contributed by atoms with Gasteiger partial charge < -0.3 is 30.6 Å². The summed E-state index contributed by atoms with van der Waals surface area (Å²) in [5.41, 5.74) is -2.43. The summed E-state index contributed by atoms with van der Waals surface area (Å²) in [4.78, 5) is 13.3. The van der Waals surface area contributed by atoms with Gasteiger partial charge in [-0.2, -0.15) is 0 Å². The zero-order chi connectivity index (χ0) is 25.5. The minimum atomic E-state index is -2.28. The van der Waals surface area contributed by atoms with Crippen molar-refractivity contribution >= 4 is 5.78 Å². The predicted molar refractivity (Wildman–Crippen MR) is 126 cm³/mol. The highest BCUT2D eigenvalue weighted by atomic mass is 16.5. The van der Waals surface area contributed by atoms with Gasteiger partial charge in [0.2, 0.25) is 0 Å². The summed E-state index contributed by atoms with van der Waals surface area (Å²) in [6.07, 6.45) is 3.24. The molecule has 9 atom stereocenters. The van der Waals surface area contributed by atoms with Gasteiger partial charge in [0.15, 0.2) is 11.6 Å². The molecule has 0 radical (unpaired) electrons. The van der Waals surface area contributed by atoms with E-state index in [1.807, 2.05) is 13.8 Å². The van der Waals surface area contributed by atoms with Crippen LogP contribution in [0, 0.1) is 34.5 Å². The Bertz CT molecular complexity index is 860. The fourth-order valence-corrected chi connectivity index (χ4v) is 8.27. The Morgan fingerprint density at radius 2 is 1.74 bits per heavy atom. The van der Waals surface area contributed by atoms with Gasteiger partial charge in [0.1, 0.15) is 6.10 Å². The Labute approximate surface area is 202 Å². The molecule has 0 bridgehead atoms. The van der Waals surface area contributed by atoms with Crippen LogP contribution in [-0.2, 0) is 4.79 Å². The van der Waals surface area contributed by atoms with E-state index in [-0.39, 0.29) is 36.4 Å². The lowest BCUT2D eigenvalue weighted by Gasteiger charge is -2.61. The average molecular weight is 481 g/mol. The van der Waals surface area contributed by atoms with Crippen molar-refractivity contribution in [2.45, 2.75) is 115 Å².